The lowest BCUT2D eigenvalue weighted by Crippen LogP contribution is -2.36. The molecule has 1 unspecified atom stereocenters. The third-order valence-corrected chi connectivity index (χ3v) is 4.90. The van der Waals surface area contributed by atoms with Gasteiger partial charge < -0.3 is 14.9 Å². The molecule has 1 fully saturated rings. The third kappa shape index (κ3) is 6.89. The van der Waals surface area contributed by atoms with Crippen LogP contribution >= 0.6 is 0 Å². The first-order chi connectivity index (χ1) is 14.9. The molecule has 1 aromatic heterocycles. The molecule has 0 radical (unpaired) electrons. The average Bonchev–Trinajstić information content (AvgIpc) is 3.55. The third-order valence-electron chi connectivity index (χ3n) is 4.90. The largest absolute Gasteiger partial charge is 0.433 e. The molecule has 0 amide bonds. The van der Waals surface area contributed by atoms with Gasteiger partial charge in [-0.25, -0.2) is 4.98 Å². The summed E-state index contributed by atoms with van der Waals surface area (Å²) in [6, 6.07) is 5.34. The highest BCUT2D eigenvalue weighted by atomic mass is 19.4. The number of aliphatic hydroxyl groups is 2. The molecule has 1 heterocycles. The molecule has 0 aliphatic heterocycles. The Morgan fingerprint density at radius 1 is 1.00 bits per heavy atom. The highest BCUT2D eigenvalue weighted by Crippen LogP contribution is 2.34. The van der Waals surface area contributed by atoms with E-state index < -0.39 is 35.9 Å². The van der Waals surface area contributed by atoms with Gasteiger partial charge in [0.2, 0.25) is 0 Å². The molecule has 3 N–H and O–H groups in total. The summed E-state index contributed by atoms with van der Waals surface area (Å²) in [6.45, 7) is 0.197. The van der Waals surface area contributed by atoms with Gasteiger partial charge in [-0.1, -0.05) is 12.1 Å². The summed E-state index contributed by atoms with van der Waals surface area (Å²) in [6.07, 6.45) is -9.83. The van der Waals surface area contributed by atoms with Crippen LogP contribution in [0.1, 0.15) is 35.8 Å². The monoisotopic (exact) mass is 464 g/mol. The first-order valence-corrected chi connectivity index (χ1v) is 9.87. The summed E-state index contributed by atoms with van der Waals surface area (Å²) in [5.41, 5.74) is -2.61. The maximum atomic E-state index is 13.3. The zero-order valence-corrected chi connectivity index (χ0v) is 16.7. The van der Waals surface area contributed by atoms with Gasteiger partial charge in [0, 0.05) is 18.7 Å². The number of nitrogens with one attached hydrogen (secondary N) is 1. The lowest BCUT2D eigenvalue weighted by Gasteiger charge is -2.18. The quantitative estimate of drug-likeness (QED) is 0.384. The Kier molecular flexibility index (Phi) is 7.43. The maximum Gasteiger partial charge on any atom is 0.433 e. The molecule has 0 saturated heterocycles. The van der Waals surface area contributed by atoms with Crippen LogP contribution in [0.25, 0.3) is 11.3 Å². The van der Waals surface area contributed by atoms with E-state index in [1.54, 1.807) is 0 Å². The van der Waals surface area contributed by atoms with Crippen molar-refractivity contribution in [2.75, 3.05) is 19.8 Å². The van der Waals surface area contributed by atoms with Crippen LogP contribution in [0.15, 0.2) is 36.4 Å². The van der Waals surface area contributed by atoms with E-state index >= 15 is 0 Å². The molecule has 11 heteroatoms. The van der Waals surface area contributed by atoms with Crippen molar-refractivity contribution in [2.45, 2.75) is 37.5 Å². The Labute approximate surface area is 180 Å². The number of aliphatic hydroxyl groups excluding tert-OH is 2. The summed E-state index contributed by atoms with van der Waals surface area (Å²) in [7, 11) is 0. The van der Waals surface area contributed by atoms with Gasteiger partial charge >= 0.3 is 12.4 Å². The number of halogens is 6. The average molecular weight is 464 g/mol. The van der Waals surface area contributed by atoms with Crippen LogP contribution in [-0.4, -0.2) is 41.2 Å². The predicted molar refractivity (Wildman–Crippen MR) is 102 cm³/mol. The summed E-state index contributed by atoms with van der Waals surface area (Å²) < 4.78 is 83.5. The first-order valence-electron chi connectivity index (χ1n) is 9.87. The number of aromatic nitrogens is 1. The minimum atomic E-state index is -4.83. The number of nitrogens with zero attached hydrogens (tertiary/aromatic N) is 1. The molecule has 5 nitrogen and oxygen atoms in total. The van der Waals surface area contributed by atoms with Crippen molar-refractivity contribution < 1.29 is 41.3 Å². The highest BCUT2D eigenvalue weighted by Gasteiger charge is 2.34. The van der Waals surface area contributed by atoms with E-state index in [4.69, 9.17) is 4.74 Å². The number of hydrogen-bond donors (Lipinski definition) is 3. The number of pyridine rings is 1. The van der Waals surface area contributed by atoms with E-state index in [9.17, 15) is 36.6 Å². The molecule has 2 aromatic rings. The molecule has 0 bridgehead atoms. The minimum Gasteiger partial charge on any atom is -0.387 e. The number of ether oxygens (including phenoxy) is 1. The fourth-order valence-electron chi connectivity index (χ4n) is 2.92. The van der Waals surface area contributed by atoms with Gasteiger partial charge in [-0.3, -0.25) is 5.32 Å². The Hall–Kier alpha value is -2.21. The van der Waals surface area contributed by atoms with Gasteiger partial charge in [0.05, 0.1) is 24.0 Å². The smallest absolute Gasteiger partial charge is 0.387 e. The van der Waals surface area contributed by atoms with E-state index in [-0.39, 0.29) is 30.0 Å². The van der Waals surface area contributed by atoms with E-state index in [1.807, 2.05) is 0 Å². The standard InChI is InChI=1S/C21H22F6N2O3/c22-20(23,24)15-5-3-13(4-6-15)16-7-14(8-18(29-16)21(25,26)27)17(30)9-28-19(31)11-32-10-12-1-2-12/h3-8,12,17,19,28,30-31H,1-2,9-11H2/t17?,19-/m0/s1. The topological polar surface area (TPSA) is 74.6 Å². The van der Waals surface area contributed by atoms with E-state index in [0.29, 0.717) is 18.6 Å². The van der Waals surface area contributed by atoms with Crippen molar-refractivity contribution >= 4 is 0 Å². The van der Waals surface area contributed by atoms with Crippen molar-refractivity contribution in [2.24, 2.45) is 5.92 Å². The molecule has 1 aliphatic carbocycles. The lowest BCUT2D eigenvalue weighted by molar-refractivity contribution is -0.141. The summed E-state index contributed by atoms with van der Waals surface area (Å²) in [5, 5.41) is 22.8. The van der Waals surface area contributed by atoms with Gasteiger partial charge in [0.1, 0.15) is 11.9 Å². The number of alkyl halides is 6. The molecule has 176 valence electrons. The van der Waals surface area contributed by atoms with Crippen LogP contribution in [0.5, 0.6) is 0 Å². The molecular weight excluding hydrogens is 442 g/mol. The van der Waals surface area contributed by atoms with Crippen molar-refractivity contribution in [1.82, 2.24) is 10.3 Å². The Balaban J connectivity index is 1.74. The van der Waals surface area contributed by atoms with Gasteiger partial charge in [-0.05, 0) is 48.6 Å². The van der Waals surface area contributed by atoms with E-state index in [1.165, 1.54) is 6.07 Å². The van der Waals surface area contributed by atoms with Crippen molar-refractivity contribution in [1.29, 1.82) is 0 Å². The first kappa shape index (κ1) is 24.4. The van der Waals surface area contributed by atoms with Crippen LogP contribution in [0, 0.1) is 5.92 Å². The summed E-state index contributed by atoms with van der Waals surface area (Å²) >= 11 is 0. The molecule has 32 heavy (non-hydrogen) atoms. The van der Waals surface area contributed by atoms with Gasteiger partial charge in [-0.15, -0.1) is 0 Å². The Morgan fingerprint density at radius 3 is 2.22 bits per heavy atom. The SMILES string of the molecule is OC(CN[C@@H](O)COCC1CC1)c1cc(-c2ccc(C(F)(F)F)cc2)nc(C(F)(F)F)c1. The predicted octanol–water partition coefficient (Wildman–Crippen LogP) is 4.15. The van der Waals surface area contributed by atoms with Gasteiger partial charge in [-0.2, -0.15) is 26.3 Å². The number of benzene rings is 1. The van der Waals surface area contributed by atoms with Crippen LogP contribution in [-0.2, 0) is 17.1 Å². The molecule has 1 aromatic carbocycles. The van der Waals surface area contributed by atoms with Crippen molar-refractivity contribution in [3.8, 4) is 11.3 Å². The number of hydrogen-bond acceptors (Lipinski definition) is 5. The normalized spacial score (nSPS) is 16.8. The minimum absolute atomic E-state index is 0.0269. The zero-order chi connectivity index (χ0) is 23.5. The summed E-state index contributed by atoms with van der Waals surface area (Å²) in [5.74, 6) is 0.494. The Bertz CT molecular complexity index is 898. The highest BCUT2D eigenvalue weighted by molar-refractivity contribution is 5.61. The second kappa shape index (κ2) is 9.74. The molecule has 3 rings (SSSR count). The van der Waals surface area contributed by atoms with Crippen LogP contribution < -0.4 is 5.32 Å². The summed E-state index contributed by atoms with van der Waals surface area (Å²) in [4.78, 5) is 3.50. The number of rotatable bonds is 9. The molecule has 1 aliphatic rings. The Morgan fingerprint density at radius 2 is 1.66 bits per heavy atom. The zero-order valence-electron chi connectivity index (χ0n) is 16.7. The molecular formula is C21H22F6N2O3. The fraction of sp³-hybridized carbons (Fsp3) is 0.476. The lowest BCUT2D eigenvalue weighted by atomic mass is 10.0. The van der Waals surface area contributed by atoms with Crippen molar-refractivity contribution in [3.63, 3.8) is 0 Å². The maximum absolute atomic E-state index is 13.3. The molecule has 1 saturated carbocycles. The van der Waals surface area contributed by atoms with Crippen LogP contribution in [0.2, 0.25) is 0 Å². The molecule has 2 atom stereocenters. The second-order valence-corrected chi connectivity index (χ2v) is 7.66. The second-order valence-electron chi connectivity index (χ2n) is 7.66. The molecule has 0 spiro atoms. The van der Waals surface area contributed by atoms with Gasteiger partial charge in [0.25, 0.3) is 0 Å². The van der Waals surface area contributed by atoms with Crippen LogP contribution in [0.3, 0.4) is 0 Å². The van der Waals surface area contributed by atoms with Crippen molar-refractivity contribution in [3.05, 3.63) is 53.2 Å². The van der Waals surface area contributed by atoms with E-state index in [2.05, 4.69) is 10.3 Å². The van der Waals surface area contributed by atoms with E-state index in [0.717, 1.165) is 37.1 Å². The van der Waals surface area contributed by atoms with Crippen LogP contribution in [0.4, 0.5) is 26.3 Å². The fourth-order valence-corrected chi connectivity index (χ4v) is 2.92. The van der Waals surface area contributed by atoms with Gasteiger partial charge in [0.15, 0.2) is 0 Å².